The van der Waals surface area contributed by atoms with E-state index in [1.54, 1.807) is 0 Å². The Labute approximate surface area is 120 Å². The van der Waals surface area contributed by atoms with Gasteiger partial charge < -0.3 is 15.4 Å². The molecule has 1 heterocycles. The fourth-order valence-electron chi connectivity index (χ4n) is 2.72. The van der Waals surface area contributed by atoms with Gasteiger partial charge in [-0.2, -0.15) is 0 Å². The number of carbonyl (C=O) groups is 1. The van der Waals surface area contributed by atoms with Gasteiger partial charge in [0.15, 0.2) is 0 Å². The molecule has 0 aromatic heterocycles. The molecule has 1 fully saturated rings. The second kappa shape index (κ2) is 6.37. The van der Waals surface area contributed by atoms with E-state index >= 15 is 0 Å². The number of hydrogen-bond donors (Lipinski definition) is 2. The van der Waals surface area contributed by atoms with Crippen molar-refractivity contribution in [3.05, 3.63) is 34.9 Å². The van der Waals surface area contributed by atoms with Gasteiger partial charge in [-0.05, 0) is 38.8 Å². The molecule has 1 aliphatic heterocycles. The fraction of sp³-hybridized carbons (Fsp3) is 0.562. The van der Waals surface area contributed by atoms with E-state index in [2.05, 4.69) is 42.7 Å². The number of rotatable bonds is 3. The molecule has 20 heavy (non-hydrogen) atoms. The van der Waals surface area contributed by atoms with Crippen LogP contribution in [0.3, 0.4) is 0 Å². The van der Waals surface area contributed by atoms with Crippen molar-refractivity contribution in [3.8, 4) is 0 Å². The maximum absolute atomic E-state index is 12.3. The van der Waals surface area contributed by atoms with Gasteiger partial charge in [0.1, 0.15) is 6.04 Å². The van der Waals surface area contributed by atoms with Crippen molar-refractivity contribution in [2.45, 2.75) is 45.9 Å². The van der Waals surface area contributed by atoms with Gasteiger partial charge >= 0.3 is 0 Å². The standard InChI is InChI=1S/C16H24N2O2/c1-10-5-6-14(11(2)9-10)12(3)18-16(19)15-13(4)20-8-7-17-15/h5-6,9,12-13,15,17H,7-8H2,1-4H3,(H,18,19)/t12?,13-,15+/m1/s1. The van der Waals surface area contributed by atoms with Crippen molar-refractivity contribution < 1.29 is 9.53 Å². The first-order valence-electron chi connectivity index (χ1n) is 7.21. The largest absolute Gasteiger partial charge is 0.375 e. The number of amides is 1. The molecule has 1 aromatic rings. The first-order valence-corrected chi connectivity index (χ1v) is 7.21. The van der Waals surface area contributed by atoms with Crippen LogP contribution in [0, 0.1) is 13.8 Å². The number of carbonyl (C=O) groups excluding carboxylic acids is 1. The molecule has 110 valence electrons. The lowest BCUT2D eigenvalue weighted by atomic mass is 9.99. The van der Waals surface area contributed by atoms with E-state index in [-0.39, 0.29) is 24.1 Å². The van der Waals surface area contributed by atoms with Crippen molar-refractivity contribution in [3.63, 3.8) is 0 Å². The number of nitrogens with one attached hydrogen (secondary N) is 2. The molecule has 1 saturated heterocycles. The quantitative estimate of drug-likeness (QED) is 0.886. The molecular formula is C16H24N2O2. The van der Waals surface area contributed by atoms with Crippen LogP contribution < -0.4 is 10.6 Å². The maximum atomic E-state index is 12.3. The van der Waals surface area contributed by atoms with Crippen LogP contribution in [-0.2, 0) is 9.53 Å². The normalized spacial score (nSPS) is 24.2. The number of benzene rings is 1. The second-order valence-corrected chi connectivity index (χ2v) is 5.60. The summed E-state index contributed by atoms with van der Waals surface area (Å²) >= 11 is 0. The summed E-state index contributed by atoms with van der Waals surface area (Å²) in [5.74, 6) is 0.00433. The minimum Gasteiger partial charge on any atom is -0.375 e. The monoisotopic (exact) mass is 276 g/mol. The van der Waals surface area contributed by atoms with E-state index in [0.717, 1.165) is 12.1 Å². The SMILES string of the molecule is Cc1ccc(C(C)NC(=O)[C@H]2NCCO[C@@H]2C)c(C)c1. The minimum atomic E-state index is -0.267. The van der Waals surface area contributed by atoms with Gasteiger partial charge in [0.2, 0.25) is 5.91 Å². The van der Waals surface area contributed by atoms with Gasteiger partial charge in [-0.3, -0.25) is 4.79 Å². The third-order valence-electron chi connectivity index (χ3n) is 3.85. The van der Waals surface area contributed by atoms with Crippen LogP contribution in [0.1, 0.15) is 36.6 Å². The smallest absolute Gasteiger partial charge is 0.240 e. The van der Waals surface area contributed by atoms with Gasteiger partial charge in [0, 0.05) is 6.54 Å². The number of ether oxygens (including phenoxy) is 1. The Bertz CT molecular complexity index is 487. The van der Waals surface area contributed by atoms with Gasteiger partial charge in [-0.1, -0.05) is 23.8 Å². The van der Waals surface area contributed by atoms with Crippen LogP contribution in [0.15, 0.2) is 18.2 Å². The van der Waals surface area contributed by atoms with Crippen LogP contribution in [0.5, 0.6) is 0 Å². The summed E-state index contributed by atoms with van der Waals surface area (Å²) in [4.78, 5) is 12.3. The lowest BCUT2D eigenvalue weighted by Crippen LogP contribution is -2.55. The lowest BCUT2D eigenvalue weighted by molar-refractivity contribution is -0.129. The third-order valence-corrected chi connectivity index (χ3v) is 3.85. The molecule has 0 bridgehead atoms. The number of morpholine rings is 1. The van der Waals surface area contributed by atoms with Crippen molar-refractivity contribution >= 4 is 5.91 Å². The van der Waals surface area contributed by atoms with Crippen molar-refractivity contribution in [1.29, 1.82) is 0 Å². The Hall–Kier alpha value is -1.39. The van der Waals surface area contributed by atoms with Crippen molar-refractivity contribution in [2.75, 3.05) is 13.2 Å². The van der Waals surface area contributed by atoms with Gasteiger partial charge in [-0.15, -0.1) is 0 Å². The zero-order valence-corrected chi connectivity index (χ0v) is 12.7. The number of hydrogen-bond acceptors (Lipinski definition) is 3. The Morgan fingerprint density at radius 1 is 1.45 bits per heavy atom. The molecule has 1 aliphatic rings. The molecule has 1 unspecified atom stereocenters. The summed E-state index contributed by atoms with van der Waals surface area (Å²) in [7, 11) is 0. The van der Waals surface area contributed by atoms with Crippen molar-refractivity contribution in [1.82, 2.24) is 10.6 Å². The first-order chi connectivity index (χ1) is 9.49. The maximum Gasteiger partial charge on any atom is 0.240 e. The zero-order chi connectivity index (χ0) is 14.7. The molecule has 4 nitrogen and oxygen atoms in total. The van der Waals surface area contributed by atoms with E-state index in [0.29, 0.717) is 6.61 Å². The molecule has 4 heteroatoms. The highest BCUT2D eigenvalue weighted by molar-refractivity contribution is 5.83. The van der Waals surface area contributed by atoms with E-state index in [1.165, 1.54) is 11.1 Å². The Balaban J connectivity index is 2.03. The molecule has 3 atom stereocenters. The predicted octanol–water partition coefficient (Wildman–Crippen LogP) is 1.86. The summed E-state index contributed by atoms with van der Waals surface area (Å²) in [5.41, 5.74) is 3.60. The van der Waals surface area contributed by atoms with Crippen LogP contribution in [0.4, 0.5) is 0 Å². The van der Waals surface area contributed by atoms with E-state index in [4.69, 9.17) is 4.74 Å². The topological polar surface area (TPSA) is 50.4 Å². The fourth-order valence-corrected chi connectivity index (χ4v) is 2.72. The molecule has 1 aromatic carbocycles. The molecule has 0 aliphatic carbocycles. The highest BCUT2D eigenvalue weighted by Gasteiger charge is 2.29. The number of aryl methyl sites for hydroxylation is 2. The summed E-state index contributed by atoms with van der Waals surface area (Å²) in [6, 6.07) is 6.04. The second-order valence-electron chi connectivity index (χ2n) is 5.60. The molecule has 1 amide bonds. The average Bonchev–Trinajstić information content (AvgIpc) is 2.38. The minimum absolute atomic E-state index is 0.000901. The third kappa shape index (κ3) is 3.38. The first kappa shape index (κ1) is 15.0. The summed E-state index contributed by atoms with van der Waals surface area (Å²) in [6.07, 6.45) is -0.0879. The molecule has 2 N–H and O–H groups in total. The van der Waals surface area contributed by atoms with Gasteiger partial charge in [0.25, 0.3) is 0 Å². The zero-order valence-electron chi connectivity index (χ0n) is 12.7. The lowest BCUT2D eigenvalue weighted by Gasteiger charge is -2.30. The van der Waals surface area contributed by atoms with Gasteiger partial charge in [-0.25, -0.2) is 0 Å². The van der Waals surface area contributed by atoms with E-state index in [9.17, 15) is 4.79 Å². The summed E-state index contributed by atoms with van der Waals surface area (Å²) in [5, 5.41) is 6.29. The molecule has 0 spiro atoms. The highest BCUT2D eigenvalue weighted by Crippen LogP contribution is 2.19. The average molecular weight is 276 g/mol. The van der Waals surface area contributed by atoms with Crippen molar-refractivity contribution in [2.24, 2.45) is 0 Å². The predicted molar refractivity (Wildman–Crippen MR) is 79.7 cm³/mol. The summed E-state index contributed by atoms with van der Waals surface area (Å²) < 4.78 is 5.51. The van der Waals surface area contributed by atoms with E-state index in [1.807, 2.05) is 13.8 Å². The van der Waals surface area contributed by atoms with E-state index < -0.39 is 0 Å². The van der Waals surface area contributed by atoms with Crippen LogP contribution in [0.2, 0.25) is 0 Å². The van der Waals surface area contributed by atoms with Crippen LogP contribution in [0.25, 0.3) is 0 Å². The van der Waals surface area contributed by atoms with Crippen LogP contribution in [-0.4, -0.2) is 31.2 Å². The molecule has 0 radical (unpaired) electrons. The Kier molecular flexibility index (Phi) is 4.78. The highest BCUT2D eigenvalue weighted by atomic mass is 16.5. The van der Waals surface area contributed by atoms with Crippen LogP contribution >= 0.6 is 0 Å². The Morgan fingerprint density at radius 3 is 2.85 bits per heavy atom. The molecule has 2 rings (SSSR count). The molecule has 0 saturated carbocycles. The Morgan fingerprint density at radius 2 is 2.20 bits per heavy atom. The summed E-state index contributed by atoms with van der Waals surface area (Å²) in [6.45, 7) is 9.49. The molecular weight excluding hydrogens is 252 g/mol. The van der Waals surface area contributed by atoms with Gasteiger partial charge in [0.05, 0.1) is 18.8 Å².